The van der Waals surface area contributed by atoms with Gasteiger partial charge in [-0.05, 0) is 35.5 Å². The van der Waals surface area contributed by atoms with Gasteiger partial charge in [0.2, 0.25) is 0 Å². The normalized spacial score (nSPS) is 17.9. The molecule has 0 atom stereocenters. The fraction of sp³-hybridized carbons (Fsp3) is 0.167. The Labute approximate surface area is 108 Å². The summed E-state index contributed by atoms with van der Waals surface area (Å²) in [7, 11) is 0. The fourth-order valence-electron chi connectivity index (χ4n) is 1.57. The van der Waals surface area contributed by atoms with Gasteiger partial charge in [-0.25, -0.2) is 4.39 Å². The second-order valence-corrected chi connectivity index (χ2v) is 4.67. The van der Waals surface area contributed by atoms with Gasteiger partial charge in [0, 0.05) is 13.1 Å². The van der Waals surface area contributed by atoms with Crippen molar-refractivity contribution in [2.45, 2.75) is 0 Å². The van der Waals surface area contributed by atoms with Crippen LogP contribution in [0.2, 0.25) is 0 Å². The van der Waals surface area contributed by atoms with E-state index in [0.717, 1.165) is 16.7 Å². The maximum absolute atomic E-state index is 13.0. The summed E-state index contributed by atoms with van der Waals surface area (Å²) in [6.45, 7) is 0.427. The van der Waals surface area contributed by atoms with Crippen LogP contribution in [0, 0.1) is 5.82 Å². The maximum Gasteiger partial charge on any atom is 0.293 e. The second-order valence-electron chi connectivity index (χ2n) is 3.68. The number of hydrogen-bond donors (Lipinski definition) is 1. The van der Waals surface area contributed by atoms with Crippen LogP contribution in [0.1, 0.15) is 5.56 Å². The highest BCUT2D eigenvalue weighted by molar-refractivity contribution is 8.18. The summed E-state index contributed by atoms with van der Waals surface area (Å²) in [6, 6.07) is 5.83. The van der Waals surface area contributed by atoms with E-state index in [1.807, 2.05) is 0 Å². The van der Waals surface area contributed by atoms with Crippen LogP contribution in [0.5, 0.6) is 0 Å². The summed E-state index contributed by atoms with van der Waals surface area (Å²) in [5, 5.41) is -0.340. The standard InChI is InChI=1S/C12H11FN2O2S/c13-9-3-1-2-8(6-9)7-10-11(16)15(5-4-14)12(17)18-10/h1-3,6-7H,4-5,14H2/b10-7-. The average molecular weight is 266 g/mol. The van der Waals surface area contributed by atoms with Crippen molar-refractivity contribution in [1.82, 2.24) is 4.90 Å². The van der Waals surface area contributed by atoms with Crippen LogP contribution in [0.15, 0.2) is 29.2 Å². The molecule has 94 valence electrons. The summed E-state index contributed by atoms with van der Waals surface area (Å²) in [5.74, 6) is -0.760. The van der Waals surface area contributed by atoms with Crippen molar-refractivity contribution in [2.24, 2.45) is 5.73 Å². The number of amides is 2. The van der Waals surface area contributed by atoms with E-state index in [1.165, 1.54) is 18.2 Å². The molecule has 6 heteroatoms. The summed E-state index contributed by atoms with van der Waals surface area (Å²) in [4.78, 5) is 24.8. The number of thioether (sulfide) groups is 1. The number of rotatable bonds is 3. The number of halogens is 1. The molecule has 0 radical (unpaired) electrons. The molecule has 0 saturated carbocycles. The van der Waals surface area contributed by atoms with E-state index < -0.39 is 0 Å². The first-order valence-corrected chi connectivity index (χ1v) is 6.14. The molecule has 2 amide bonds. The highest BCUT2D eigenvalue weighted by atomic mass is 32.2. The van der Waals surface area contributed by atoms with Gasteiger partial charge in [0.15, 0.2) is 0 Å². The van der Waals surface area contributed by atoms with Crippen LogP contribution in [-0.2, 0) is 4.79 Å². The lowest BCUT2D eigenvalue weighted by Crippen LogP contribution is -2.33. The smallest absolute Gasteiger partial charge is 0.293 e. The topological polar surface area (TPSA) is 63.4 Å². The van der Waals surface area contributed by atoms with Crippen LogP contribution < -0.4 is 5.73 Å². The number of hydrogen-bond acceptors (Lipinski definition) is 4. The van der Waals surface area contributed by atoms with Gasteiger partial charge in [-0.2, -0.15) is 0 Å². The number of imide groups is 1. The lowest BCUT2D eigenvalue weighted by atomic mass is 10.2. The van der Waals surface area contributed by atoms with E-state index in [4.69, 9.17) is 5.73 Å². The molecule has 2 rings (SSSR count). The van der Waals surface area contributed by atoms with Crippen LogP contribution in [-0.4, -0.2) is 29.1 Å². The van der Waals surface area contributed by atoms with Crippen LogP contribution >= 0.6 is 11.8 Å². The lowest BCUT2D eigenvalue weighted by molar-refractivity contribution is -0.122. The molecule has 0 bridgehead atoms. The van der Waals surface area contributed by atoms with Crippen molar-refractivity contribution < 1.29 is 14.0 Å². The Morgan fingerprint density at radius 3 is 2.83 bits per heavy atom. The van der Waals surface area contributed by atoms with E-state index in [2.05, 4.69) is 0 Å². The summed E-state index contributed by atoms with van der Waals surface area (Å²) in [5.41, 5.74) is 5.88. The molecule has 1 heterocycles. The molecule has 1 fully saturated rings. The zero-order valence-corrected chi connectivity index (χ0v) is 10.2. The number of carbonyl (C=O) groups is 2. The van der Waals surface area contributed by atoms with Gasteiger partial charge in [-0.15, -0.1) is 0 Å². The Morgan fingerprint density at radius 2 is 2.17 bits per heavy atom. The average Bonchev–Trinajstić information content (AvgIpc) is 2.57. The Bertz CT molecular complexity index is 531. The van der Waals surface area contributed by atoms with Crippen molar-refractivity contribution in [2.75, 3.05) is 13.1 Å². The van der Waals surface area contributed by atoms with Gasteiger partial charge in [0.05, 0.1) is 4.91 Å². The molecule has 1 aliphatic rings. The molecule has 1 aromatic carbocycles. The van der Waals surface area contributed by atoms with Gasteiger partial charge < -0.3 is 5.73 Å². The van der Waals surface area contributed by atoms with E-state index in [1.54, 1.807) is 12.1 Å². The lowest BCUT2D eigenvalue weighted by Gasteiger charge is -2.09. The SMILES string of the molecule is NCCN1C(=O)S/C(=C\c2cccc(F)c2)C1=O. The second kappa shape index (κ2) is 5.32. The van der Waals surface area contributed by atoms with E-state index in [-0.39, 0.29) is 30.1 Å². The first-order chi connectivity index (χ1) is 8.61. The molecular formula is C12H11FN2O2S. The Hall–Kier alpha value is -1.66. The van der Waals surface area contributed by atoms with Gasteiger partial charge in [0.1, 0.15) is 5.82 Å². The van der Waals surface area contributed by atoms with E-state index in [9.17, 15) is 14.0 Å². The highest BCUT2D eigenvalue weighted by Crippen LogP contribution is 2.31. The van der Waals surface area contributed by atoms with Crippen molar-refractivity contribution >= 4 is 29.0 Å². The number of carbonyl (C=O) groups excluding carboxylic acids is 2. The number of nitrogens with two attached hydrogens (primary N) is 1. The van der Waals surface area contributed by atoms with Gasteiger partial charge in [-0.1, -0.05) is 12.1 Å². The third-order valence-electron chi connectivity index (χ3n) is 2.37. The molecular weight excluding hydrogens is 255 g/mol. The first kappa shape index (κ1) is 12.8. The summed E-state index contributed by atoms with van der Waals surface area (Å²) in [6.07, 6.45) is 1.50. The third-order valence-corrected chi connectivity index (χ3v) is 3.28. The molecule has 0 unspecified atom stereocenters. The Morgan fingerprint density at radius 1 is 1.39 bits per heavy atom. The predicted molar refractivity (Wildman–Crippen MR) is 68.1 cm³/mol. The first-order valence-electron chi connectivity index (χ1n) is 5.33. The molecule has 4 nitrogen and oxygen atoms in total. The summed E-state index contributed by atoms with van der Waals surface area (Å²) >= 11 is 0.843. The van der Waals surface area contributed by atoms with Gasteiger partial charge in [-0.3, -0.25) is 14.5 Å². The van der Waals surface area contributed by atoms with Crippen LogP contribution in [0.25, 0.3) is 6.08 Å². The molecule has 0 spiro atoms. The minimum absolute atomic E-state index is 0.200. The minimum Gasteiger partial charge on any atom is -0.329 e. The zero-order valence-electron chi connectivity index (χ0n) is 9.43. The quantitative estimate of drug-likeness (QED) is 0.848. The van der Waals surface area contributed by atoms with E-state index in [0.29, 0.717) is 10.5 Å². The van der Waals surface area contributed by atoms with Crippen molar-refractivity contribution in [3.63, 3.8) is 0 Å². The monoisotopic (exact) mass is 266 g/mol. The molecule has 1 saturated heterocycles. The van der Waals surface area contributed by atoms with Crippen molar-refractivity contribution in [1.29, 1.82) is 0 Å². The molecule has 2 N–H and O–H groups in total. The molecule has 0 aromatic heterocycles. The molecule has 18 heavy (non-hydrogen) atoms. The number of benzene rings is 1. The van der Waals surface area contributed by atoms with Crippen molar-refractivity contribution in [3.05, 3.63) is 40.6 Å². The van der Waals surface area contributed by atoms with Crippen LogP contribution in [0.3, 0.4) is 0 Å². The maximum atomic E-state index is 13.0. The summed E-state index contributed by atoms with van der Waals surface area (Å²) < 4.78 is 13.0. The Balaban J connectivity index is 2.25. The molecule has 1 aromatic rings. The predicted octanol–water partition coefficient (Wildman–Crippen LogP) is 1.82. The zero-order chi connectivity index (χ0) is 13.1. The largest absolute Gasteiger partial charge is 0.329 e. The van der Waals surface area contributed by atoms with E-state index >= 15 is 0 Å². The van der Waals surface area contributed by atoms with Gasteiger partial charge >= 0.3 is 0 Å². The van der Waals surface area contributed by atoms with Crippen LogP contribution in [0.4, 0.5) is 9.18 Å². The minimum atomic E-state index is -0.384. The van der Waals surface area contributed by atoms with Crippen molar-refractivity contribution in [3.8, 4) is 0 Å². The molecule has 1 aliphatic heterocycles. The molecule has 0 aliphatic carbocycles. The fourth-order valence-corrected chi connectivity index (χ4v) is 2.43. The highest BCUT2D eigenvalue weighted by Gasteiger charge is 2.34. The Kier molecular flexibility index (Phi) is 3.78. The number of nitrogens with zero attached hydrogens (tertiary/aromatic N) is 1. The van der Waals surface area contributed by atoms with Gasteiger partial charge in [0.25, 0.3) is 11.1 Å². The third kappa shape index (κ3) is 2.60.